The third-order valence-corrected chi connectivity index (χ3v) is 6.55. The molecular formula is C30H37NO8. The Morgan fingerprint density at radius 3 is 2.38 bits per heavy atom. The molecule has 0 spiro atoms. The number of ether oxygens (including phenoxy) is 5. The molecule has 0 saturated heterocycles. The Hall–Kier alpha value is -3.88. The van der Waals surface area contributed by atoms with Gasteiger partial charge in [-0.2, -0.15) is 0 Å². The summed E-state index contributed by atoms with van der Waals surface area (Å²) < 4.78 is 34.3. The lowest BCUT2D eigenvalue weighted by Crippen LogP contribution is -2.28. The van der Waals surface area contributed by atoms with Gasteiger partial charge >= 0.3 is 6.16 Å². The lowest BCUT2D eigenvalue weighted by atomic mass is 9.98. The highest BCUT2D eigenvalue weighted by Gasteiger charge is 2.27. The van der Waals surface area contributed by atoms with E-state index < -0.39 is 12.4 Å². The number of hydrogen-bond donors (Lipinski definition) is 1. The van der Waals surface area contributed by atoms with E-state index in [4.69, 9.17) is 33.2 Å². The van der Waals surface area contributed by atoms with Gasteiger partial charge in [0.1, 0.15) is 35.0 Å². The molecule has 1 aromatic heterocycles. The Morgan fingerprint density at radius 1 is 1.05 bits per heavy atom. The van der Waals surface area contributed by atoms with Crippen LogP contribution in [0.1, 0.15) is 62.1 Å². The number of aromatic nitrogens is 1. The predicted molar refractivity (Wildman–Crippen MR) is 145 cm³/mol. The van der Waals surface area contributed by atoms with Crippen molar-refractivity contribution in [3.8, 4) is 34.3 Å². The summed E-state index contributed by atoms with van der Waals surface area (Å²) in [4.78, 5) is 15.4. The van der Waals surface area contributed by atoms with Gasteiger partial charge in [0.25, 0.3) is 0 Å². The van der Waals surface area contributed by atoms with Gasteiger partial charge in [0.15, 0.2) is 5.89 Å². The minimum absolute atomic E-state index is 0.459. The van der Waals surface area contributed by atoms with Gasteiger partial charge in [-0.25, -0.2) is 9.78 Å². The molecule has 1 N–H and O–H groups in total. The second kappa shape index (κ2) is 13.3. The van der Waals surface area contributed by atoms with Crippen LogP contribution in [-0.2, 0) is 24.0 Å². The van der Waals surface area contributed by atoms with E-state index in [1.165, 1.54) is 0 Å². The van der Waals surface area contributed by atoms with Crippen molar-refractivity contribution in [2.24, 2.45) is 0 Å². The number of rotatable bonds is 13. The van der Waals surface area contributed by atoms with Crippen LogP contribution < -0.4 is 18.9 Å². The summed E-state index contributed by atoms with van der Waals surface area (Å²) in [6.07, 6.45) is 4.76. The zero-order valence-corrected chi connectivity index (χ0v) is 23.1. The lowest BCUT2D eigenvalue weighted by molar-refractivity contribution is -0.0640. The van der Waals surface area contributed by atoms with Crippen molar-refractivity contribution in [2.45, 2.75) is 72.0 Å². The van der Waals surface area contributed by atoms with Crippen LogP contribution >= 0.6 is 0 Å². The zero-order valence-electron chi connectivity index (χ0n) is 23.1. The molecule has 1 atom stereocenters. The van der Waals surface area contributed by atoms with E-state index in [0.717, 1.165) is 70.9 Å². The van der Waals surface area contributed by atoms with E-state index in [-0.39, 0.29) is 0 Å². The fourth-order valence-corrected chi connectivity index (χ4v) is 4.86. The van der Waals surface area contributed by atoms with Crippen LogP contribution in [0.2, 0.25) is 0 Å². The Balaban J connectivity index is 1.41. The molecule has 0 aliphatic carbocycles. The first-order valence-electron chi connectivity index (χ1n) is 13.5. The highest BCUT2D eigenvalue weighted by Crippen LogP contribution is 2.40. The maximum Gasteiger partial charge on any atom is 0.508 e. The molecule has 0 bridgehead atoms. The normalized spacial score (nSPS) is 14.3. The molecule has 0 fully saturated rings. The number of carboxylic acid groups (broad SMARTS) is 1. The monoisotopic (exact) mass is 539 g/mol. The third kappa shape index (κ3) is 6.77. The Bertz CT molecular complexity index is 1270. The van der Waals surface area contributed by atoms with E-state index in [2.05, 4.69) is 18.8 Å². The van der Waals surface area contributed by atoms with Crippen molar-refractivity contribution in [1.82, 2.24) is 4.98 Å². The van der Waals surface area contributed by atoms with Crippen LogP contribution in [-0.4, -0.2) is 42.9 Å². The molecule has 1 aliphatic heterocycles. The van der Waals surface area contributed by atoms with Gasteiger partial charge in [-0.3, -0.25) is 0 Å². The number of nitrogens with zero attached hydrogens (tertiary/aromatic N) is 1. The minimum atomic E-state index is -1.34. The predicted octanol–water partition coefficient (Wildman–Crippen LogP) is 6.76. The van der Waals surface area contributed by atoms with Crippen molar-refractivity contribution in [3.05, 3.63) is 53.1 Å². The fourth-order valence-electron chi connectivity index (χ4n) is 4.86. The molecule has 1 unspecified atom stereocenters. The van der Waals surface area contributed by atoms with Crippen LogP contribution in [0.15, 0.2) is 34.9 Å². The van der Waals surface area contributed by atoms with Crippen LogP contribution in [0, 0.1) is 6.92 Å². The van der Waals surface area contributed by atoms with Crippen molar-refractivity contribution in [2.75, 3.05) is 20.3 Å². The van der Waals surface area contributed by atoms with Crippen molar-refractivity contribution >= 4 is 6.16 Å². The molecule has 0 radical (unpaired) electrons. The van der Waals surface area contributed by atoms with Crippen LogP contribution in [0.4, 0.5) is 4.79 Å². The van der Waals surface area contributed by atoms with Crippen molar-refractivity contribution in [3.63, 3.8) is 0 Å². The molecule has 4 rings (SSSR count). The van der Waals surface area contributed by atoms with E-state index in [1.807, 2.05) is 31.2 Å². The number of fused-ring (bicyclic) bond motifs is 1. The molecule has 2 heterocycles. The Morgan fingerprint density at radius 2 is 1.74 bits per heavy atom. The SMILES string of the molecule is CCCc1c(OCCCOc2ccc(-c3coc(C)n3)c(OC)c2CCC)ccc2c1OC(OC(=O)O)CC2. The largest absolute Gasteiger partial charge is 0.508 e. The van der Waals surface area contributed by atoms with Gasteiger partial charge in [-0.15, -0.1) is 0 Å². The van der Waals surface area contributed by atoms with Crippen LogP contribution in [0.3, 0.4) is 0 Å². The summed E-state index contributed by atoms with van der Waals surface area (Å²) in [7, 11) is 1.66. The van der Waals surface area contributed by atoms with E-state index in [9.17, 15) is 4.79 Å². The maximum atomic E-state index is 11.0. The van der Waals surface area contributed by atoms with Gasteiger partial charge < -0.3 is 33.2 Å². The molecule has 210 valence electrons. The first-order chi connectivity index (χ1) is 18.9. The van der Waals surface area contributed by atoms with Gasteiger partial charge in [0, 0.05) is 36.5 Å². The summed E-state index contributed by atoms with van der Waals surface area (Å²) in [5.74, 6) is 3.57. The summed E-state index contributed by atoms with van der Waals surface area (Å²) in [5, 5.41) is 8.98. The molecule has 3 aromatic rings. The molecular weight excluding hydrogens is 502 g/mol. The number of aryl methyl sites for hydroxylation is 2. The molecule has 9 heteroatoms. The second-order valence-corrected chi connectivity index (χ2v) is 9.43. The van der Waals surface area contributed by atoms with Crippen LogP contribution in [0.5, 0.6) is 23.0 Å². The average Bonchev–Trinajstić information content (AvgIpc) is 3.35. The first kappa shape index (κ1) is 28.1. The molecule has 1 aliphatic rings. The second-order valence-electron chi connectivity index (χ2n) is 9.43. The summed E-state index contributed by atoms with van der Waals surface area (Å²) in [6, 6.07) is 7.87. The highest BCUT2D eigenvalue weighted by atomic mass is 16.8. The number of hydrogen-bond acceptors (Lipinski definition) is 8. The fraction of sp³-hybridized carbons (Fsp3) is 0.467. The standard InChI is InChI=1S/C30H37NO8/c1-5-8-22-25(13-10-20-11-15-27(38-28(20)22)39-30(32)33)35-16-7-17-36-26-14-12-21(24-18-37-19(3)31-24)29(34-4)23(26)9-6-2/h10,12-14,18,27H,5-9,11,15-17H2,1-4H3,(H,32,33). The van der Waals surface area contributed by atoms with Gasteiger partial charge in [0.05, 0.1) is 20.3 Å². The Labute approximate surface area is 229 Å². The zero-order chi connectivity index (χ0) is 27.8. The maximum absolute atomic E-state index is 11.0. The summed E-state index contributed by atoms with van der Waals surface area (Å²) in [5.41, 5.74) is 4.61. The smallest absolute Gasteiger partial charge is 0.496 e. The first-order valence-corrected chi connectivity index (χ1v) is 13.5. The average molecular weight is 540 g/mol. The van der Waals surface area contributed by atoms with Crippen molar-refractivity contribution in [1.29, 1.82) is 0 Å². The number of benzene rings is 2. The van der Waals surface area contributed by atoms with Crippen molar-refractivity contribution < 1.29 is 38.0 Å². The number of oxazole rings is 1. The third-order valence-electron chi connectivity index (χ3n) is 6.55. The highest BCUT2D eigenvalue weighted by molar-refractivity contribution is 5.71. The molecule has 0 amide bonds. The van der Waals surface area contributed by atoms with E-state index in [0.29, 0.717) is 44.1 Å². The van der Waals surface area contributed by atoms with Gasteiger partial charge in [-0.05, 0) is 43.0 Å². The van der Waals surface area contributed by atoms with E-state index >= 15 is 0 Å². The topological polar surface area (TPSA) is 109 Å². The summed E-state index contributed by atoms with van der Waals surface area (Å²) in [6.45, 7) is 6.95. The minimum Gasteiger partial charge on any atom is -0.496 e. The Kier molecular flexibility index (Phi) is 9.57. The molecule has 0 saturated carbocycles. The number of carbonyl (C=O) groups is 1. The van der Waals surface area contributed by atoms with Crippen LogP contribution in [0.25, 0.3) is 11.3 Å². The van der Waals surface area contributed by atoms with Gasteiger partial charge in [-0.1, -0.05) is 32.8 Å². The number of methoxy groups -OCH3 is 1. The molecule has 2 aromatic carbocycles. The summed E-state index contributed by atoms with van der Waals surface area (Å²) >= 11 is 0. The van der Waals surface area contributed by atoms with Gasteiger partial charge in [0.2, 0.25) is 6.29 Å². The van der Waals surface area contributed by atoms with E-state index in [1.54, 1.807) is 13.4 Å². The molecule has 39 heavy (non-hydrogen) atoms. The quantitative estimate of drug-likeness (QED) is 0.186. The lowest BCUT2D eigenvalue weighted by Gasteiger charge is -2.27. The molecule has 9 nitrogen and oxygen atoms in total.